The molecule has 0 aromatic heterocycles. The standard InChI is InChI=1S/C16H24FNO/c1-18(12-14-5-7-16(19)8-6-14)10-9-13-3-2-4-15(17)11-13/h2-4,11,14,16,19H,5-10,12H2,1H3. The Labute approximate surface area is 115 Å². The van der Waals surface area contributed by atoms with Crippen molar-refractivity contribution in [3.05, 3.63) is 35.6 Å². The minimum atomic E-state index is -0.151. The largest absolute Gasteiger partial charge is 0.393 e. The topological polar surface area (TPSA) is 23.5 Å². The lowest BCUT2D eigenvalue weighted by Crippen LogP contribution is -2.31. The van der Waals surface area contributed by atoms with Crippen LogP contribution in [0.1, 0.15) is 31.2 Å². The number of likely N-dealkylation sites (N-methyl/N-ethyl adjacent to an activating group) is 1. The third kappa shape index (κ3) is 4.92. The van der Waals surface area contributed by atoms with Crippen LogP contribution in [0.4, 0.5) is 4.39 Å². The Kier molecular flexibility index (Phi) is 5.34. The van der Waals surface area contributed by atoms with E-state index in [0.717, 1.165) is 50.8 Å². The number of aliphatic hydroxyl groups excluding tert-OH is 1. The third-order valence-corrected chi connectivity index (χ3v) is 4.06. The summed E-state index contributed by atoms with van der Waals surface area (Å²) in [5, 5.41) is 9.49. The van der Waals surface area contributed by atoms with Crippen molar-refractivity contribution in [3.63, 3.8) is 0 Å². The predicted octanol–water partition coefficient (Wildman–Crippen LogP) is 2.85. The molecule has 106 valence electrons. The predicted molar refractivity (Wildman–Crippen MR) is 75.6 cm³/mol. The van der Waals surface area contributed by atoms with Crippen LogP contribution in [0.25, 0.3) is 0 Å². The molecule has 1 aliphatic rings. The van der Waals surface area contributed by atoms with Crippen molar-refractivity contribution in [1.82, 2.24) is 4.90 Å². The van der Waals surface area contributed by atoms with Gasteiger partial charge in [0.1, 0.15) is 5.82 Å². The maximum atomic E-state index is 13.1. The highest BCUT2D eigenvalue weighted by molar-refractivity contribution is 5.16. The fourth-order valence-electron chi connectivity index (χ4n) is 2.87. The molecular weight excluding hydrogens is 241 g/mol. The fourth-order valence-corrected chi connectivity index (χ4v) is 2.87. The summed E-state index contributed by atoms with van der Waals surface area (Å²) in [5.41, 5.74) is 1.06. The van der Waals surface area contributed by atoms with Crippen molar-refractivity contribution < 1.29 is 9.50 Å². The number of nitrogens with zero attached hydrogens (tertiary/aromatic N) is 1. The second-order valence-corrected chi connectivity index (χ2v) is 5.82. The van der Waals surface area contributed by atoms with Gasteiger partial charge < -0.3 is 10.0 Å². The zero-order chi connectivity index (χ0) is 13.7. The molecule has 3 heteroatoms. The maximum absolute atomic E-state index is 13.1. The van der Waals surface area contributed by atoms with E-state index in [2.05, 4.69) is 11.9 Å². The van der Waals surface area contributed by atoms with E-state index in [1.807, 2.05) is 6.07 Å². The first-order chi connectivity index (χ1) is 9.13. The van der Waals surface area contributed by atoms with Gasteiger partial charge in [-0.2, -0.15) is 0 Å². The van der Waals surface area contributed by atoms with E-state index in [0.29, 0.717) is 5.92 Å². The molecule has 2 nitrogen and oxygen atoms in total. The smallest absolute Gasteiger partial charge is 0.123 e. The highest BCUT2D eigenvalue weighted by atomic mass is 19.1. The molecule has 1 aromatic rings. The highest BCUT2D eigenvalue weighted by Crippen LogP contribution is 2.24. The summed E-state index contributed by atoms with van der Waals surface area (Å²) in [6, 6.07) is 6.85. The lowest BCUT2D eigenvalue weighted by atomic mass is 9.87. The molecule has 1 aromatic carbocycles. The van der Waals surface area contributed by atoms with Crippen LogP contribution in [0, 0.1) is 11.7 Å². The van der Waals surface area contributed by atoms with Gasteiger partial charge >= 0.3 is 0 Å². The van der Waals surface area contributed by atoms with Crippen molar-refractivity contribution in [2.45, 2.75) is 38.2 Å². The second kappa shape index (κ2) is 7.01. The summed E-state index contributed by atoms with van der Waals surface area (Å²) >= 11 is 0. The van der Waals surface area contributed by atoms with Gasteiger partial charge in [-0.25, -0.2) is 4.39 Å². The first kappa shape index (κ1) is 14.5. The van der Waals surface area contributed by atoms with Crippen LogP contribution in [-0.2, 0) is 6.42 Å². The zero-order valence-electron chi connectivity index (χ0n) is 11.7. The van der Waals surface area contributed by atoms with E-state index in [1.54, 1.807) is 12.1 Å². The summed E-state index contributed by atoms with van der Waals surface area (Å²) in [6.07, 6.45) is 4.97. The Morgan fingerprint density at radius 3 is 2.68 bits per heavy atom. The Bertz CT molecular complexity index is 388. The van der Waals surface area contributed by atoms with Crippen LogP contribution in [-0.4, -0.2) is 36.2 Å². The fraction of sp³-hybridized carbons (Fsp3) is 0.625. The van der Waals surface area contributed by atoms with Crippen molar-refractivity contribution in [2.24, 2.45) is 5.92 Å². The number of rotatable bonds is 5. The van der Waals surface area contributed by atoms with Gasteiger partial charge in [0.2, 0.25) is 0 Å². The van der Waals surface area contributed by atoms with Crippen LogP contribution < -0.4 is 0 Å². The zero-order valence-corrected chi connectivity index (χ0v) is 11.7. The molecule has 0 unspecified atom stereocenters. The minimum Gasteiger partial charge on any atom is -0.393 e. The van der Waals surface area contributed by atoms with Gasteiger partial charge in [-0.15, -0.1) is 0 Å². The Hall–Kier alpha value is -0.930. The van der Waals surface area contributed by atoms with Gasteiger partial charge in [-0.1, -0.05) is 12.1 Å². The SMILES string of the molecule is CN(CCc1cccc(F)c1)CC1CCC(O)CC1. The van der Waals surface area contributed by atoms with E-state index in [4.69, 9.17) is 0 Å². The minimum absolute atomic E-state index is 0.0751. The van der Waals surface area contributed by atoms with Gasteiger partial charge in [0.05, 0.1) is 6.10 Å². The summed E-state index contributed by atoms with van der Waals surface area (Å²) in [7, 11) is 2.13. The monoisotopic (exact) mass is 265 g/mol. The molecule has 0 bridgehead atoms. The normalized spacial score (nSPS) is 23.8. The second-order valence-electron chi connectivity index (χ2n) is 5.82. The highest BCUT2D eigenvalue weighted by Gasteiger charge is 2.20. The molecule has 2 rings (SSSR count). The van der Waals surface area contributed by atoms with Crippen molar-refractivity contribution in [2.75, 3.05) is 20.1 Å². The van der Waals surface area contributed by atoms with E-state index in [9.17, 15) is 9.50 Å². The summed E-state index contributed by atoms with van der Waals surface area (Å²) in [5.74, 6) is 0.558. The number of halogens is 1. The molecule has 0 spiro atoms. The molecule has 19 heavy (non-hydrogen) atoms. The molecule has 1 fully saturated rings. The Morgan fingerprint density at radius 2 is 2.00 bits per heavy atom. The molecule has 0 heterocycles. The molecule has 1 saturated carbocycles. The molecule has 1 aliphatic carbocycles. The first-order valence-electron chi connectivity index (χ1n) is 7.24. The van der Waals surface area contributed by atoms with E-state index in [1.165, 1.54) is 6.07 Å². The van der Waals surface area contributed by atoms with E-state index in [-0.39, 0.29) is 11.9 Å². The lowest BCUT2D eigenvalue weighted by Gasteiger charge is -2.29. The van der Waals surface area contributed by atoms with Crippen molar-refractivity contribution in [3.8, 4) is 0 Å². The number of benzene rings is 1. The number of hydrogen-bond acceptors (Lipinski definition) is 2. The van der Waals surface area contributed by atoms with Gasteiger partial charge in [0.15, 0.2) is 0 Å². The quantitative estimate of drug-likeness (QED) is 0.885. The molecule has 1 N–H and O–H groups in total. The molecular formula is C16H24FNO. The molecule has 0 amide bonds. The van der Waals surface area contributed by atoms with Gasteiger partial charge in [0.25, 0.3) is 0 Å². The lowest BCUT2D eigenvalue weighted by molar-refractivity contribution is 0.0978. The van der Waals surface area contributed by atoms with Crippen LogP contribution in [0.2, 0.25) is 0 Å². The number of hydrogen-bond donors (Lipinski definition) is 1. The molecule has 0 aliphatic heterocycles. The molecule has 0 radical (unpaired) electrons. The summed E-state index contributed by atoms with van der Waals surface area (Å²) < 4.78 is 13.1. The summed E-state index contributed by atoms with van der Waals surface area (Å²) in [6.45, 7) is 2.05. The van der Waals surface area contributed by atoms with Crippen molar-refractivity contribution >= 4 is 0 Å². The van der Waals surface area contributed by atoms with Crippen LogP contribution in [0.3, 0.4) is 0 Å². The van der Waals surface area contributed by atoms with Gasteiger partial charge in [-0.05, 0) is 62.8 Å². The molecule has 0 saturated heterocycles. The van der Waals surface area contributed by atoms with Crippen LogP contribution in [0.15, 0.2) is 24.3 Å². The Morgan fingerprint density at radius 1 is 1.26 bits per heavy atom. The Balaban J connectivity index is 1.71. The summed E-state index contributed by atoms with van der Waals surface area (Å²) in [4.78, 5) is 2.33. The number of aliphatic hydroxyl groups is 1. The average Bonchev–Trinajstić information content (AvgIpc) is 2.39. The molecule has 0 atom stereocenters. The van der Waals surface area contributed by atoms with Gasteiger partial charge in [-0.3, -0.25) is 0 Å². The van der Waals surface area contributed by atoms with Crippen LogP contribution in [0.5, 0.6) is 0 Å². The maximum Gasteiger partial charge on any atom is 0.123 e. The van der Waals surface area contributed by atoms with Gasteiger partial charge in [0, 0.05) is 13.1 Å². The van der Waals surface area contributed by atoms with E-state index < -0.39 is 0 Å². The first-order valence-corrected chi connectivity index (χ1v) is 7.24. The van der Waals surface area contributed by atoms with E-state index >= 15 is 0 Å². The van der Waals surface area contributed by atoms with Crippen LogP contribution >= 0.6 is 0 Å². The average molecular weight is 265 g/mol. The van der Waals surface area contributed by atoms with Crippen molar-refractivity contribution in [1.29, 1.82) is 0 Å². The third-order valence-electron chi connectivity index (χ3n) is 4.06.